The molecule has 0 amide bonds. The van der Waals surface area contributed by atoms with Crippen LogP contribution in [0, 0.1) is 0 Å². The Morgan fingerprint density at radius 1 is 1.27 bits per heavy atom. The minimum Gasteiger partial charge on any atom is -0.417 e. The first-order valence-corrected chi connectivity index (χ1v) is 8.59. The normalized spacial score (nSPS) is 26.8. The second kappa shape index (κ2) is 4.53. The molecular weight excluding hydrogens is 208 g/mol. The zero-order valence-electron chi connectivity index (χ0n) is 10.5. The summed E-state index contributed by atoms with van der Waals surface area (Å²) in [6.45, 7) is 12.1. The van der Waals surface area contributed by atoms with Crippen LogP contribution in [-0.4, -0.2) is 38.8 Å². The quantitative estimate of drug-likeness (QED) is 0.583. The summed E-state index contributed by atoms with van der Waals surface area (Å²) in [4.78, 5) is 0. The highest BCUT2D eigenvalue weighted by atomic mass is 28.4. The standard InChI is InChI=1S/C11H24O3Si/c1-11(2,3)15(4,5)13-7-6-9-10(8-12)14-9/h9-10,12H,6-8H2,1-5H3/t9-,10+/m0/s1. The molecule has 0 saturated carbocycles. The molecule has 2 atom stereocenters. The van der Waals surface area contributed by atoms with E-state index in [4.69, 9.17) is 14.3 Å². The van der Waals surface area contributed by atoms with Crippen LogP contribution < -0.4 is 0 Å². The average Bonchev–Trinajstić information content (AvgIpc) is 2.81. The summed E-state index contributed by atoms with van der Waals surface area (Å²) in [5.74, 6) is 0. The molecule has 0 aromatic carbocycles. The highest BCUT2D eigenvalue weighted by Gasteiger charge is 2.40. The van der Waals surface area contributed by atoms with E-state index in [0.717, 1.165) is 13.0 Å². The molecule has 0 aromatic rings. The lowest BCUT2D eigenvalue weighted by Crippen LogP contribution is -2.41. The zero-order chi connectivity index (χ0) is 11.7. The molecular formula is C11H24O3Si. The Bertz CT molecular complexity index is 210. The summed E-state index contributed by atoms with van der Waals surface area (Å²) >= 11 is 0. The molecule has 0 bridgehead atoms. The maximum atomic E-state index is 8.81. The maximum Gasteiger partial charge on any atom is 0.191 e. The molecule has 1 fully saturated rings. The summed E-state index contributed by atoms with van der Waals surface area (Å²) in [7, 11) is -1.59. The van der Waals surface area contributed by atoms with Gasteiger partial charge in [0.2, 0.25) is 0 Å². The zero-order valence-corrected chi connectivity index (χ0v) is 11.5. The molecule has 15 heavy (non-hydrogen) atoms. The summed E-state index contributed by atoms with van der Waals surface area (Å²) in [6, 6.07) is 0. The van der Waals surface area contributed by atoms with Crippen molar-refractivity contribution in [3.8, 4) is 0 Å². The molecule has 0 aromatic heterocycles. The van der Waals surface area contributed by atoms with Crippen molar-refractivity contribution in [2.75, 3.05) is 13.2 Å². The highest BCUT2D eigenvalue weighted by molar-refractivity contribution is 6.74. The van der Waals surface area contributed by atoms with Gasteiger partial charge in [0, 0.05) is 6.61 Å². The van der Waals surface area contributed by atoms with E-state index in [1.165, 1.54) is 0 Å². The van der Waals surface area contributed by atoms with Gasteiger partial charge in [0.1, 0.15) is 6.10 Å². The van der Waals surface area contributed by atoms with Crippen LogP contribution in [0.15, 0.2) is 0 Å². The SMILES string of the molecule is CC(C)(C)[Si](C)(C)OCC[C@@H]1O[C@@H]1CO. The van der Waals surface area contributed by atoms with Crippen LogP contribution in [0.5, 0.6) is 0 Å². The molecule has 3 nitrogen and oxygen atoms in total. The predicted molar refractivity (Wildman–Crippen MR) is 63.5 cm³/mol. The van der Waals surface area contributed by atoms with Crippen LogP contribution in [0.1, 0.15) is 27.2 Å². The van der Waals surface area contributed by atoms with Gasteiger partial charge in [-0.05, 0) is 24.6 Å². The summed E-state index contributed by atoms with van der Waals surface area (Å²) in [6.07, 6.45) is 1.23. The fourth-order valence-corrected chi connectivity index (χ4v) is 2.30. The van der Waals surface area contributed by atoms with Gasteiger partial charge in [-0.3, -0.25) is 0 Å². The highest BCUT2D eigenvalue weighted by Crippen LogP contribution is 2.37. The van der Waals surface area contributed by atoms with E-state index in [1.807, 2.05) is 0 Å². The lowest BCUT2D eigenvalue weighted by molar-refractivity contribution is 0.236. The molecule has 0 radical (unpaired) electrons. The van der Waals surface area contributed by atoms with Gasteiger partial charge in [0.05, 0.1) is 12.7 Å². The fourth-order valence-electron chi connectivity index (χ4n) is 1.24. The van der Waals surface area contributed by atoms with E-state index in [2.05, 4.69) is 33.9 Å². The van der Waals surface area contributed by atoms with Crippen molar-refractivity contribution in [3.05, 3.63) is 0 Å². The van der Waals surface area contributed by atoms with Gasteiger partial charge in [0.25, 0.3) is 0 Å². The lowest BCUT2D eigenvalue weighted by atomic mass is 10.2. The van der Waals surface area contributed by atoms with Crippen molar-refractivity contribution in [1.82, 2.24) is 0 Å². The molecule has 0 unspecified atom stereocenters. The minimum absolute atomic E-state index is 0.0769. The van der Waals surface area contributed by atoms with Crippen LogP contribution in [-0.2, 0) is 9.16 Å². The molecule has 0 spiro atoms. The molecule has 1 aliphatic heterocycles. The Kier molecular flexibility index (Phi) is 3.98. The lowest BCUT2D eigenvalue weighted by Gasteiger charge is -2.36. The first-order chi connectivity index (χ1) is 6.78. The second-order valence-corrected chi connectivity index (χ2v) is 10.6. The Balaban J connectivity index is 2.20. The van der Waals surface area contributed by atoms with Gasteiger partial charge in [0.15, 0.2) is 8.32 Å². The van der Waals surface area contributed by atoms with Crippen molar-refractivity contribution >= 4 is 8.32 Å². The average molecular weight is 232 g/mol. The maximum absolute atomic E-state index is 8.81. The molecule has 1 aliphatic rings. The third-order valence-electron chi connectivity index (χ3n) is 3.54. The van der Waals surface area contributed by atoms with E-state index in [0.29, 0.717) is 0 Å². The number of aliphatic hydroxyl groups is 1. The van der Waals surface area contributed by atoms with Gasteiger partial charge < -0.3 is 14.3 Å². The molecule has 1 N–H and O–H groups in total. The Morgan fingerprint density at radius 2 is 1.87 bits per heavy atom. The third-order valence-corrected chi connectivity index (χ3v) is 8.08. The summed E-state index contributed by atoms with van der Waals surface area (Å²) < 4.78 is 11.3. The fraction of sp³-hybridized carbons (Fsp3) is 1.00. The van der Waals surface area contributed by atoms with Gasteiger partial charge in [-0.15, -0.1) is 0 Å². The van der Waals surface area contributed by atoms with Crippen molar-refractivity contribution in [1.29, 1.82) is 0 Å². The van der Waals surface area contributed by atoms with Crippen LogP contribution in [0.4, 0.5) is 0 Å². The first kappa shape index (κ1) is 13.2. The van der Waals surface area contributed by atoms with Crippen molar-refractivity contribution < 1.29 is 14.3 Å². The van der Waals surface area contributed by atoms with Gasteiger partial charge in [-0.2, -0.15) is 0 Å². The van der Waals surface area contributed by atoms with Crippen molar-refractivity contribution in [3.63, 3.8) is 0 Å². The van der Waals surface area contributed by atoms with Gasteiger partial charge >= 0.3 is 0 Å². The van der Waals surface area contributed by atoms with E-state index in [9.17, 15) is 0 Å². The smallest absolute Gasteiger partial charge is 0.191 e. The number of ether oxygens (including phenoxy) is 1. The van der Waals surface area contributed by atoms with Crippen molar-refractivity contribution in [2.24, 2.45) is 0 Å². The van der Waals surface area contributed by atoms with Crippen LogP contribution in [0.25, 0.3) is 0 Å². The summed E-state index contributed by atoms with van der Waals surface area (Å²) in [5, 5.41) is 9.08. The van der Waals surface area contributed by atoms with E-state index in [-0.39, 0.29) is 23.9 Å². The number of rotatable bonds is 5. The van der Waals surface area contributed by atoms with E-state index >= 15 is 0 Å². The van der Waals surface area contributed by atoms with E-state index in [1.54, 1.807) is 0 Å². The summed E-state index contributed by atoms with van der Waals surface area (Å²) in [5.41, 5.74) is 0. The molecule has 1 saturated heterocycles. The van der Waals surface area contributed by atoms with Crippen LogP contribution >= 0.6 is 0 Å². The molecule has 1 heterocycles. The van der Waals surface area contributed by atoms with Gasteiger partial charge in [-0.25, -0.2) is 0 Å². The van der Waals surface area contributed by atoms with Crippen molar-refractivity contribution in [2.45, 2.75) is 57.5 Å². The number of hydrogen-bond acceptors (Lipinski definition) is 3. The molecule has 90 valence electrons. The third kappa shape index (κ3) is 3.55. The number of hydrogen-bond donors (Lipinski definition) is 1. The van der Waals surface area contributed by atoms with Crippen LogP contribution in [0.3, 0.4) is 0 Å². The minimum atomic E-state index is -1.59. The first-order valence-electron chi connectivity index (χ1n) is 5.68. The van der Waals surface area contributed by atoms with Gasteiger partial charge in [-0.1, -0.05) is 20.8 Å². The number of aliphatic hydroxyl groups excluding tert-OH is 1. The second-order valence-electron chi connectivity index (χ2n) is 5.79. The largest absolute Gasteiger partial charge is 0.417 e. The monoisotopic (exact) mass is 232 g/mol. The Hall–Kier alpha value is 0.0969. The van der Waals surface area contributed by atoms with E-state index < -0.39 is 8.32 Å². The molecule has 1 rings (SSSR count). The van der Waals surface area contributed by atoms with Crippen LogP contribution in [0.2, 0.25) is 18.1 Å². The Morgan fingerprint density at radius 3 is 2.27 bits per heavy atom. The molecule has 4 heteroatoms. The topological polar surface area (TPSA) is 42.0 Å². The Labute approximate surface area is 93.9 Å². The predicted octanol–water partition coefficient (Wildman–Crippen LogP) is 2.16. The number of epoxide rings is 1. The molecule has 0 aliphatic carbocycles.